The highest BCUT2D eigenvalue weighted by molar-refractivity contribution is 9.10. The molecule has 0 spiro atoms. The second-order valence-corrected chi connectivity index (χ2v) is 8.77. The van der Waals surface area contributed by atoms with Gasteiger partial charge in [0.15, 0.2) is 23.3 Å². The van der Waals surface area contributed by atoms with Gasteiger partial charge in [-0.15, -0.1) is 0 Å². The quantitative estimate of drug-likeness (QED) is 0.250. The van der Waals surface area contributed by atoms with E-state index in [1.54, 1.807) is 23.1 Å². The first-order valence-corrected chi connectivity index (χ1v) is 10.3. The van der Waals surface area contributed by atoms with Crippen LogP contribution in [-0.2, 0) is 6.42 Å². The maximum Gasteiger partial charge on any atom is 0.205 e. The minimum absolute atomic E-state index is 0.202. The van der Waals surface area contributed by atoms with Crippen LogP contribution >= 0.6 is 31.9 Å². The number of hydrogen-bond donors (Lipinski definition) is 0. The Morgan fingerprint density at radius 3 is 2.24 bits per heavy atom. The molecule has 148 valence electrons. The molecule has 2 aliphatic heterocycles. The molecule has 29 heavy (non-hydrogen) atoms. The van der Waals surface area contributed by atoms with Crippen LogP contribution in [0.4, 0.5) is 23.2 Å². The van der Waals surface area contributed by atoms with Gasteiger partial charge in [-0.2, -0.15) is 0 Å². The van der Waals surface area contributed by atoms with E-state index in [-0.39, 0.29) is 12.1 Å². The summed E-state index contributed by atoms with van der Waals surface area (Å²) in [6, 6.07) is 10.8. The molecule has 5 rings (SSSR count). The summed E-state index contributed by atoms with van der Waals surface area (Å²) in [5, 5.41) is 0. The largest absolute Gasteiger partial charge is 0.466 e. The monoisotopic (exact) mass is 527 g/mol. The van der Waals surface area contributed by atoms with Gasteiger partial charge < -0.3 is 9.64 Å². The SMILES string of the molecule is Fc1cc(F)c(F)c([C@@H]2Oc3cc(Br)ccc3[C@H]3Cc4cc(Br)ccc4N32)c1F. The molecule has 3 aromatic carbocycles. The van der Waals surface area contributed by atoms with Crippen molar-refractivity contribution in [2.45, 2.75) is 18.7 Å². The minimum Gasteiger partial charge on any atom is -0.466 e. The van der Waals surface area contributed by atoms with Gasteiger partial charge in [-0.25, -0.2) is 17.6 Å². The van der Waals surface area contributed by atoms with E-state index in [0.717, 1.165) is 15.6 Å². The van der Waals surface area contributed by atoms with Crippen LogP contribution in [0.2, 0.25) is 0 Å². The Balaban J connectivity index is 1.76. The van der Waals surface area contributed by atoms with Gasteiger partial charge in [-0.05, 0) is 42.3 Å². The van der Waals surface area contributed by atoms with E-state index in [2.05, 4.69) is 31.9 Å². The number of benzene rings is 3. The van der Waals surface area contributed by atoms with Crippen molar-refractivity contribution in [1.82, 2.24) is 0 Å². The third-order valence-electron chi connectivity index (χ3n) is 5.29. The highest BCUT2D eigenvalue weighted by Crippen LogP contribution is 2.53. The number of rotatable bonds is 1. The zero-order chi connectivity index (χ0) is 20.4. The second kappa shape index (κ2) is 6.74. The zero-order valence-corrected chi connectivity index (χ0v) is 17.7. The Kier molecular flexibility index (Phi) is 4.40. The van der Waals surface area contributed by atoms with E-state index >= 15 is 0 Å². The maximum atomic E-state index is 14.7. The standard InChI is InChI=1S/C21H11Br2F4NO/c22-10-2-4-15-9(5-10)6-16-12-3-1-11(23)7-17(12)29-21(28(15)16)18-19(26)13(24)8-14(25)20(18)27/h1-5,7-8,16,21H,6H2/t16-,21+/m1/s1. The Morgan fingerprint density at radius 2 is 1.52 bits per heavy atom. The Hall–Kier alpha value is -2.06. The van der Waals surface area contributed by atoms with Crippen LogP contribution < -0.4 is 9.64 Å². The number of ether oxygens (including phenoxy) is 1. The average molecular weight is 529 g/mol. The Bertz CT molecular complexity index is 1140. The van der Waals surface area contributed by atoms with Crippen molar-refractivity contribution in [3.05, 3.63) is 91.4 Å². The van der Waals surface area contributed by atoms with Gasteiger partial charge in [0.25, 0.3) is 0 Å². The van der Waals surface area contributed by atoms with Crippen LogP contribution in [-0.4, -0.2) is 0 Å². The number of fused-ring (bicyclic) bond motifs is 5. The van der Waals surface area contributed by atoms with Crippen molar-refractivity contribution in [2.75, 3.05) is 4.90 Å². The van der Waals surface area contributed by atoms with Crippen LogP contribution in [0.3, 0.4) is 0 Å². The summed E-state index contributed by atoms with van der Waals surface area (Å²) in [5.74, 6) is -5.45. The van der Waals surface area contributed by atoms with E-state index in [9.17, 15) is 17.6 Å². The summed E-state index contributed by atoms with van der Waals surface area (Å²) in [6.45, 7) is 0. The van der Waals surface area contributed by atoms with E-state index in [1.165, 1.54) is 0 Å². The fourth-order valence-electron chi connectivity index (χ4n) is 4.06. The fourth-order valence-corrected chi connectivity index (χ4v) is 4.81. The first kappa shape index (κ1) is 18.9. The lowest BCUT2D eigenvalue weighted by Crippen LogP contribution is -2.39. The van der Waals surface area contributed by atoms with Gasteiger partial charge in [0.2, 0.25) is 6.23 Å². The van der Waals surface area contributed by atoms with Gasteiger partial charge in [-0.1, -0.05) is 37.9 Å². The lowest BCUT2D eigenvalue weighted by Gasteiger charge is -2.41. The van der Waals surface area contributed by atoms with E-state index in [1.807, 2.05) is 18.2 Å². The number of hydrogen-bond acceptors (Lipinski definition) is 2. The van der Waals surface area contributed by atoms with Crippen molar-refractivity contribution in [1.29, 1.82) is 0 Å². The summed E-state index contributed by atoms with van der Waals surface area (Å²) in [7, 11) is 0. The highest BCUT2D eigenvalue weighted by atomic mass is 79.9. The van der Waals surface area contributed by atoms with E-state index in [0.29, 0.717) is 22.3 Å². The molecular weight excluding hydrogens is 518 g/mol. The number of nitrogens with zero attached hydrogens (tertiary/aromatic N) is 1. The summed E-state index contributed by atoms with van der Waals surface area (Å²) in [6.07, 6.45) is -0.806. The van der Waals surface area contributed by atoms with Gasteiger partial charge in [0.05, 0.1) is 11.6 Å². The van der Waals surface area contributed by atoms with Crippen molar-refractivity contribution >= 4 is 37.5 Å². The average Bonchev–Trinajstić information content (AvgIpc) is 3.05. The molecule has 2 atom stereocenters. The fraction of sp³-hybridized carbons (Fsp3) is 0.143. The second-order valence-electron chi connectivity index (χ2n) is 6.93. The summed E-state index contributed by atoms with van der Waals surface area (Å²) in [4.78, 5) is 1.68. The smallest absolute Gasteiger partial charge is 0.205 e. The molecule has 0 amide bonds. The number of halogens is 6. The van der Waals surface area contributed by atoms with Crippen molar-refractivity contribution in [2.24, 2.45) is 0 Å². The molecular formula is C21H11Br2F4NO. The Morgan fingerprint density at radius 1 is 0.862 bits per heavy atom. The van der Waals surface area contributed by atoms with Gasteiger partial charge in [-0.3, -0.25) is 0 Å². The van der Waals surface area contributed by atoms with E-state index in [4.69, 9.17) is 4.74 Å². The molecule has 0 radical (unpaired) electrons. The Labute approximate surface area is 180 Å². The predicted octanol–water partition coefficient (Wildman–Crippen LogP) is 6.96. The van der Waals surface area contributed by atoms with Crippen molar-refractivity contribution in [3.8, 4) is 5.75 Å². The lowest BCUT2D eigenvalue weighted by molar-refractivity contribution is 0.156. The minimum atomic E-state index is -1.46. The van der Waals surface area contributed by atoms with Crippen LogP contribution in [0.15, 0.2) is 51.4 Å². The molecule has 2 nitrogen and oxygen atoms in total. The molecule has 0 saturated carbocycles. The molecule has 0 N–H and O–H groups in total. The first-order chi connectivity index (χ1) is 13.8. The third-order valence-corrected chi connectivity index (χ3v) is 6.27. The molecule has 0 unspecified atom stereocenters. The van der Waals surface area contributed by atoms with Crippen LogP contribution in [0, 0.1) is 23.3 Å². The normalized spacial score (nSPS) is 19.4. The molecule has 0 aliphatic carbocycles. The summed E-state index contributed by atoms with van der Waals surface area (Å²) in [5.41, 5.74) is 1.68. The highest BCUT2D eigenvalue weighted by Gasteiger charge is 2.45. The van der Waals surface area contributed by atoms with Crippen LogP contribution in [0.25, 0.3) is 0 Å². The molecule has 0 bridgehead atoms. The molecule has 2 aliphatic rings. The molecule has 0 saturated heterocycles. The van der Waals surface area contributed by atoms with Gasteiger partial charge in [0, 0.05) is 26.3 Å². The zero-order valence-electron chi connectivity index (χ0n) is 14.5. The van der Waals surface area contributed by atoms with Gasteiger partial charge >= 0.3 is 0 Å². The molecule has 0 aromatic heterocycles. The molecule has 3 aromatic rings. The molecule has 0 fully saturated rings. The van der Waals surface area contributed by atoms with Crippen molar-refractivity contribution in [3.63, 3.8) is 0 Å². The lowest BCUT2D eigenvalue weighted by atomic mass is 9.98. The molecule has 2 heterocycles. The molecule has 8 heteroatoms. The van der Waals surface area contributed by atoms with Crippen LogP contribution in [0.1, 0.15) is 29.0 Å². The first-order valence-electron chi connectivity index (χ1n) is 8.71. The van der Waals surface area contributed by atoms with Crippen molar-refractivity contribution < 1.29 is 22.3 Å². The van der Waals surface area contributed by atoms with Gasteiger partial charge in [0.1, 0.15) is 5.75 Å². The number of anilines is 1. The third kappa shape index (κ3) is 2.87. The topological polar surface area (TPSA) is 12.5 Å². The summed E-state index contributed by atoms with van der Waals surface area (Å²) >= 11 is 6.79. The van der Waals surface area contributed by atoms with E-state index < -0.39 is 35.1 Å². The summed E-state index contributed by atoms with van der Waals surface area (Å²) < 4.78 is 64.8. The maximum absolute atomic E-state index is 14.7. The predicted molar refractivity (Wildman–Crippen MR) is 107 cm³/mol. The van der Waals surface area contributed by atoms with Crippen LogP contribution in [0.5, 0.6) is 5.75 Å².